The van der Waals surface area contributed by atoms with E-state index in [0.29, 0.717) is 18.1 Å². The molecule has 2 aromatic heterocycles. The summed E-state index contributed by atoms with van der Waals surface area (Å²) in [6.45, 7) is 4.57. The summed E-state index contributed by atoms with van der Waals surface area (Å²) in [6.07, 6.45) is 4.88. The normalized spacial score (nSPS) is 11.8. The van der Waals surface area contributed by atoms with Crippen LogP contribution in [0.3, 0.4) is 0 Å². The lowest BCUT2D eigenvalue weighted by Crippen LogP contribution is -2.32. The Bertz CT molecular complexity index is 642. The molecule has 0 aromatic carbocycles. The van der Waals surface area contributed by atoms with E-state index in [4.69, 9.17) is 0 Å². The molecule has 8 heteroatoms. The molecule has 118 valence electrons. The molecule has 7 nitrogen and oxygen atoms in total. The molecule has 0 aliphatic heterocycles. The van der Waals surface area contributed by atoms with Gasteiger partial charge in [-0.3, -0.25) is 0 Å². The predicted molar refractivity (Wildman–Crippen MR) is 88.6 cm³/mol. The van der Waals surface area contributed by atoms with Crippen LogP contribution in [0.25, 0.3) is 0 Å². The van der Waals surface area contributed by atoms with Gasteiger partial charge >= 0.3 is 6.03 Å². The Kier molecular flexibility index (Phi) is 5.26. The molecule has 0 aliphatic carbocycles. The van der Waals surface area contributed by atoms with E-state index in [-0.39, 0.29) is 11.9 Å². The zero-order chi connectivity index (χ0) is 16.1. The third-order valence-corrected chi connectivity index (χ3v) is 4.14. The molecule has 2 rings (SSSR count). The van der Waals surface area contributed by atoms with Crippen LogP contribution in [0.1, 0.15) is 22.7 Å². The van der Waals surface area contributed by atoms with Gasteiger partial charge < -0.3 is 15.5 Å². The van der Waals surface area contributed by atoms with Crippen LogP contribution in [-0.4, -0.2) is 41.6 Å². The highest BCUT2D eigenvalue weighted by atomic mass is 32.1. The molecule has 0 bridgehead atoms. The molecule has 2 amide bonds. The summed E-state index contributed by atoms with van der Waals surface area (Å²) < 4.78 is 0. The molecular weight excluding hydrogens is 300 g/mol. The Balaban J connectivity index is 1.91. The average molecular weight is 320 g/mol. The van der Waals surface area contributed by atoms with Crippen LogP contribution in [0.4, 0.5) is 16.3 Å². The number of hydrogen-bond donors (Lipinski definition) is 2. The molecule has 2 heterocycles. The number of rotatable bonds is 5. The first kappa shape index (κ1) is 16.2. The fourth-order valence-electron chi connectivity index (χ4n) is 1.87. The van der Waals surface area contributed by atoms with Gasteiger partial charge in [0.05, 0.1) is 11.2 Å². The van der Waals surface area contributed by atoms with Crippen molar-refractivity contribution in [1.82, 2.24) is 20.3 Å². The standard InChI is InChI=1S/C14H20N6OS/c1-9(13-16-6-10(2)22-13)5-17-14(21)19-11-7-15-8-18-12(11)20(3)4/h6-9H,5H2,1-4H3,(H2,17,19,21). The van der Waals surface area contributed by atoms with E-state index in [0.717, 1.165) is 5.01 Å². The lowest BCUT2D eigenvalue weighted by atomic mass is 10.2. The van der Waals surface area contributed by atoms with E-state index in [1.807, 2.05) is 39.0 Å². The van der Waals surface area contributed by atoms with Gasteiger partial charge in [-0.25, -0.2) is 19.7 Å². The largest absolute Gasteiger partial charge is 0.361 e. The van der Waals surface area contributed by atoms with Crippen molar-refractivity contribution in [3.05, 3.63) is 28.6 Å². The second-order valence-corrected chi connectivity index (χ2v) is 6.47. The van der Waals surface area contributed by atoms with Crippen LogP contribution >= 0.6 is 11.3 Å². The Hall–Kier alpha value is -2.22. The number of aryl methyl sites for hydroxylation is 1. The Morgan fingerprint density at radius 1 is 1.36 bits per heavy atom. The van der Waals surface area contributed by atoms with Crippen LogP contribution in [0.5, 0.6) is 0 Å². The van der Waals surface area contributed by atoms with Gasteiger partial charge in [-0.05, 0) is 6.92 Å². The Labute approximate surface area is 133 Å². The highest BCUT2D eigenvalue weighted by Gasteiger charge is 2.13. The summed E-state index contributed by atoms with van der Waals surface area (Å²) in [5.41, 5.74) is 0.572. The Morgan fingerprint density at radius 2 is 2.14 bits per heavy atom. The zero-order valence-corrected chi connectivity index (χ0v) is 13.9. The molecule has 0 radical (unpaired) electrons. The van der Waals surface area contributed by atoms with Crippen molar-refractivity contribution >= 4 is 28.9 Å². The monoisotopic (exact) mass is 320 g/mol. The summed E-state index contributed by atoms with van der Waals surface area (Å²) in [6, 6.07) is -0.280. The van der Waals surface area contributed by atoms with E-state index < -0.39 is 0 Å². The van der Waals surface area contributed by atoms with Crippen molar-refractivity contribution in [3.8, 4) is 0 Å². The van der Waals surface area contributed by atoms with Crippen LogP contribution in [-0.2, 0) is 0 Å². The first-order valence-corrected chi connectivity index (χ1v) is 7.73. The van der Waals surface area contributed by atoms with Gasteiger partial charge in [0.1, 0.15) is 12.0 Å². The van der Waals surface area contributed by atoms with Gasteiger partial charge in [-0.2, -0.15) is 0 Å². The lowest BCUT2D eigenvalue weighted by Gasteiger charge is -2.16. The summed E-state index contributed by atoms with van der Waals surface area (Å²) in [5.74, 6) is 0.832. The average Bonchev–Trinajstić information content (AvgIpc) is 2.92. The zero-order valence-electron chi connectivity index (χ0n) is 13.1. The minimum absolute atomic E-state index is 0.171. The SMILES string of the molecule is Cc1cnc(C(C)CNC(=O)Nc2cncnc2N(C)C)s1. The van der Waals surface area contributed by atoms with Crippen LogP contribution in [0.15, 0.2) is 18.7 Å². The Morgan fingerprint density at radius 3 is 2.77 bits per heavy atom. The summed E-state index contributed by atoms with van der Waals surface area (Å²) in [7, 11) is 3.72. The highest BCUT2D eigenvalue weighted by molar-refractivity contribution is 7.11. The van der Waals surface area contributed by atoms with Gasteiger partial charge in [0.2, 0.25) is 0 Å². The first-order chi connectivity index (χ1) is 10.5. The van der Waals surface area contributed by atoms with Crippen LogP contribution < -0.4 is 15.5 Å². The van der Waals surface area contributed by atoms with Crippen LogP contribution in [0, 0.1) is 6.92 Å². The number of aromatic nitrogens is 3. The fraction of sp³-hybridized carbons (Fsp3) is 0.429. The summed E-state index contributed by atoms with van der Waals surface area (Å²) >= 11 is 1.65. The molecule has 0 spiro atoms. The smallest absolute Gasteiger partial charge is 0.319 e. The number of hydrogen-bond acceptors (Lipinski definition) is 6. The van der Waals surface area contributed by atoms with Gasteiger partial charge in [0.15, 0.2) is 5.82 Å². The van der Waals surface area contributed by atoms with Crippen molar-refractivity contribution in [2.24, 2.45) is 0 Å². The molecule has 0 aliphatic rings. The molecule has 2 aromatic rings. The number of carbonyl (C=O) groups excluding carboxylic acids is 1. The minimum atomic E-state index is -0.280. The molecule has 22 heavy (non-hydrogen) atoms. The molecule has 0 fully saturated rings. The number of carbonyl (C=O) groups is 1. The van der Waals surface area contributed by atoms with Gasteiger partial charge in [-0.1, -0.05) is 6.92 Å². The number of anilines is 2. The second kappa shape index (κ2) is 7.17. The maximum Gasteiger partial charge on any atom is 0.319 e. The molecule has 1 atom stereocenters. The maximum atomic E-state index is 12.0. The van der Waals surface area contributed by atoms with Gasteiger partial charge in [0.25, 0.3) is 0 Å². The van der Waals surface area contributed by atoms with Crippen molar-refractivity contribution in [3.63, 3.8) is 0 Å². The van der Waals surface area contributed by atoms with Gasteiger partial charge in [-0.15, -0.1) is 11.3 Å². The highest BCUT2D eigenvalue weighted by Crippen LogP contribution is 2.21. The number of nitrogens with zero attached hydrogens (tertiary/aromatic N) is 4. The molecule has 0 saturated carbocycles. The summed E-state index contributed by atoms with van der Waals surface area (Å²) in [5, 5.41) is 6.64. The topological polar surface area (TPSA) is 83.0 Å². The minimum Gasteiger partial charge on any atom is -0.361 e. The third kappa shape index (κ3) is 4.14. The van der Waals surface area contributed by atoms with Crippen molar-refractivity contribution < 1.29 is 4.79 Å². The molecule has 1 unspecified atom stereocenters. The van der Waals surface area contributed by atoms with Crippen LogP contribution in [0.2, 0.25) is 0 Å². The predicted octanol–water partition coefficient (Wildman–Crippen LogP) is 2.23. The summed E-state index contributed by atoms with van der Waals surface area (Å²) in [4.78, 5) is 27.4. The third-order valence-electron chi connectivity index (χ3n) is 2.99. The number of nitrogens with one attached hydrogen (secondary N) is 2. The molecule has 0 saturated heterocycles. The lowest BCUT2D eigenvalue weighted by molar-refractivity contribution is 0.251. The number of urea groups is 1. The maximum absolute atomic E-state index is 12.0. The van der Waals surface area contributed by atoms with Crippen molar-refractivity contribution in [2.45, 2.75) is 19.8 Å². The number of amides is 2. The van der Waals surface area contributed by atoms with E-state index >= 15 is 0 Å². The van der Waals surface area contributed by atoms with E-state index in [1.54, 1.807) is 17.5 Å². The van der Waals surface area contributed by atoms with Crippen molar-refractivity contribution in [2.75, 3.05) is 30.9 Å². The molecular formula is C14H20N6OS. The van der Waals surface area contributed by atoms with Crippen molar-refractivity contribution in [1.29, 1.82) is 0 Å². The quantitative estimate of drug-likeness (QED) is 0.883. The number of thiazole rings is 1. The van der Waals surface area contributed by atoms with E-state index in [1.165, 1.54) is 11.2 Å². The second-order valence-electron chi connectivity index (χ2n) is 5.20. The fourth-order valence-corrected chi connectivity index (χ4v) is 2.69. The van der Waals surface area contributed by atoms with Gasteiger partial charge in [0, 0.05) is 37.6 Å². The van der Waals surface area contributed by atoms with E-state index in [9.17, 15) is 4.79 Å². The van der Waals surface area contributed by atoms with E-state index in [2.05, 4.69) is 25.6 Å². The molecule has 2 N–H and O–H groups in total. The first-order valence-electron chi connectivity index (χ1n) is 6.92.